The number of hydrogen-bond acceptors (Lipinski definition) is 2. The van der Waals surface area contributed by atoms with E-state index in [4.69, 9.17) is 0 Å². The van der Waals surface area contributed by atoms with Crippen molar-refractivity contribution in [3.63, 3.8) is 0 Å². The van der Waals surface area contributed by atoms with Gasteiger partial charge in [0.25, 0.3) is 0 Å². The van der Waals surface area contributed by atoms with Gasteiger partial charge >= 0.3 is 5.69 Å². The van der Waals surface area contributed by atoms with Crippen molar-refractivity contribution in [3.8, 4) is 0 Å². The number of aryl methyl sites for hydroxylation is 1. The van der Waals surface area contributed by atoms with Crippen molar-refractivity contribution in [1.29, 1.82) is 0 Å². The van der Waals surface area contributed by atoms with Crippen LogP contribution in [0.15, 0.2) is 39.6 Å². The molecule has 106 valence electrons. The molecule has 0 radical (unpaired) electrons. The monoisotopic (exact) mass is 348 g/mol. The van der Waals surface area contributed by atoms with Crippen LogP contribution in [0, 0.1) is 12.7 Å². The van der Waals surface area contributed by atoms with Crippen LogP contribution in [0.5, 0.6) is 0 Å². The van der Waals surface area contributed by atoms with E-state index in [1.54, 1.807) is 25.1 Å². The van der Waals surface area contributed by atoms with E-state index in [1.165, 1.54) is 12.1 Å². The molecule has 0 spiro atoms. The molecule has 0 atom stereocenters. The van der Waals surface area contributed by atoms with E-state index in [2.05, 4.69) is 25.9 Å². The second-order valence-corrected chi connectivity index (χ2v) is 5.58. The number of aromatic nitrogens is 2. The predicted octanol–water partition coefficient (Wildman–Crippen LogP) is 3.30. The molecular formula is C15H10BrFN2O2. The maximum Gasteiger partial charge on any atom is 0.323 e. The van der Waals surface area contributed by atoms with E-state index in [-0.39, 0.29) is 11.3 Å². The largest absolute Gasteiger partial charge is 0.323 e. The summed E-state index contributed by atoms with van der Waals surface area (Å²) in [6.07, 6.45) is 0. The number of fused-ring (bicyclic) bond motifs is 1. The number of nitrogens with one attached hydrogen (secondary N) is 2. The van der Waals surface area contributed by atoms with Crippen molar-refractivity contribution in [2.24, 2.45) is 0 Å². The summed E-state index contributed by atoms with van der Waals surface area (Å²) in [7, 11) is 0. The summed E-state index contributed by atoms with van der Waals surface area (Å²) in [4.78, 5) is 29.0. The van der Waals surface area contributed by atoms with Gasteiger partial charge in [0.05, 0.1) is 16.6 Å². The topological polar surface area (TPSA) is 65.7 Å². The van der Waals surface area contributed by atoms with Crippen LogP contribution in [-0.2, 0) is 0 Å². The fourth-order valence-electron chi connectivity index (χ4n) is 2.20. The molecule has 3 aromatic rings. The summed E-state index contributed by atoms with van der Waals surface area (Å²) < 4.78 is 14.6. The second kappa shape index (κ2) is 4.96. The molecule has 0 aliphatic rings. The average Bonchev–Trinajstić information content (AvgIpc) is 2.79. The van der Waals surface area contributed by atoms with Crippen LogP contribution in [0.2, 0.25) is 0 Å². The Bertz CT molecular complexity index is 927. The van der Waals surface area contributed by atoms with Gasteiger partial charge in [0, 0.05) is 10.0 Å². The number of carbonyl (C=O) groups excluding carboxylic acids is 1. The molecule has 2 aromatic carbocycles. The minimum Gasteiger partial charge on any atom is -0.306 e. The fourth-order valence-corrected chi connectivity index (χ4v) is 2.72. The van der Waals surface area contributed by atoms with Crippen LogP contribution in [0.25, 0.3) is 11.0 Å². The third-order valence-electron chi connectivity index (χ3n) is 3.28. The molecule has 0 amide bonds. The molecule has 0 fully saturated rings. The molecule has 4 nitrogen and oxygen atoms in total. The van der Waals surface area contributed by atoms with Gasteiger partial charge in [0.2, 0.25) is 0 Å². The molecule has 6 heteroatoms. The van der Waals surface area contributed by atoms with Gasteiger partial charge in [0.15, 0.2) is 5.78 Å². The van der Waals surface area contributed by atoms with Gasteiger partial charge in [-0.2, -0.15) is 0 Å². The number of rotatable bonds is 2. The summed E-state index contributed by atoms with van der Waals surface area (Å²) in [5.41, 5.74) is 1.43. The lowest BCUT2D eigenvalue weighted by Crippen LogP contribution is -2.06. The summed E-state index contributed by atoms with van der Waals surface area (Å²) >= 11 is 3.29. The molecule has 0 bridgehead atoms. The number of aromatic amines is 2. The molecule has 0 aliphatic carbocycles. The maximum absolute atomic E-state index is 14.1. The van der Waals surface area contributed by atoms with Crippen molar-refractivity contribution in [1.82, 2.24) is 9.97 Å². The first-order valence-corrected chi connectivity index (χ1v) is 6.98. The number of halogens is 2. The van der Waals surface area contributed by atoms with Crippen LogP contribution in [0.4, 0.5) is 4.39 Å². The van der Waals surface area contributed by atoms with Crippen molar-refractivity contribution < 1.29 is 9.18 Å². The maximum atomic E-state index is 14.1. The first-order valence-electron chi connectivity index (χ1n) is 6.18. The molecule has 0 unspecified atom stereocenters. The lowest BCUT2D eigenvalue weighted by molar-refractivity contribution is 0.103. The Morgan fingerprint density at radius 3 is 2.52 bits per heavy atom. The van der Waals surface area contributed by atoms with Gasteiger partial charge in [-0.15, -0.1) is 0 Å². The van der Waals surface area contributed by atoms with Crippen LogP contribution < -0.4 is 5.69 Å². The zero-order chi connectivity index (χ0) is 15.1. The van der Waals surface area contributed by atoms with Gasteiger partial charge in [-0.25, -0.2) is 9.18 Å². The zero-order valence-electron chi connectivity index (χ0n) is 11.0. The molecular weight excluding hydrogens is 339 g/mol. The molecule has 1 aromatic heterocycles. The number of carbonyl (C=O) groups is 1. The fraction of sp³-hybridized carbons (Fsp3) is 0.0667. The van der Waals surface area contributed by atoms with Crippen molar-refractivity contribution in [2.75, 3.05) is 0 Å². The second-order valence-electron chi connectivity index (χ2n) is 4.72. The molecule has 21 heavy (non-hydrogen) atoms. The standard InChI is InChI=1S/C15H10BrFN2O2/c1-7-3-2-4-8(13(7)17)14(20)9-5-11-12(6-10(9)16)19-15(21)18-11/h2-6H,1H3,(H2,18,19,21). The molecule has 1 heterocycles. The highest BCUT2D eigenvalue weighted by Gasteiger charge is 2.18. The summed E-state index contributed by atoms with van der Waals surface area (Å²) in [5.74, 6) is -0.968. The highest BCUT2D eigenvalue weighted by atomic mass is 79.9. The first kappa shape index (κ1) is 13.8. The van der Waals surface area contributed by atoms with Crippen molar-refractivity contribution in [2.45, 2.75) is 6.92 Å². The third kappa shape index (κ3) is 2.31. The summed E-state index contributed by atoms with van der Waals surface area (Å²) in [6, 6.07) is 7.83. The zero-order valence-corrected chi connectivity index (χ0v) is 12.5. The van der Waals surface area contributed by atoms with Crippen LogP contribution >= 0.6 is 15.9 Å². The first-order chi connectivity index (χ1) is 9.97. The van der Waals surface area contributed by atoms with Crippen LogP contribution in [0.3, 0.4) is 0 Å². The number of hydrogen-bond donors (Lipinski definition) is 2. The van der Waals surface area contributed by atoms with Gasteiger partial charge in [-0.1, -0.05) is 12.1 Å². The SMILES string of the molecule is Cc1cccc(C(=O)c2cc3[nH]c(=O)[nH]c3cc2Br)c1F. The Morgan fingerprint density at radius 2 is 1.81 bits per heavy atom. The lowest BCUT2D eigenvalue weighted by Gasteiger charge is -2.07. The Hall–Kier alpha value is -2.21. The van der Waals surface area contributed by atoms with Crippen molar-refractivity contribution in [3.05, 3.63) is 67.8 Å². The van der Waals surface area contributed by atoms with Gasteiger partial charge in [-0.3, -0.25) is 4.79 Å². The van der Waals surface area contributed by atoms with Gasteiger partial charge in [-0.05, 0) is 46.6 Å². The molecule has 2 N–H and O–H groups in total. The normalized spacial score (nSPS) is 11.0. The van der Waals surface area contributed by atoms with Gasteiger partial charge < -0.3 is 9.97 Å². The predicted molar refractivity (Wildman–Crippen MR) is 81.2 cm³/mol. The van der Waals surface area contributed by atoms with Gasteiger partial charge in [0.1, 0.15) is 5.82 Å². The van der Waals surface area contributed by atoms with E-state index in [1.807, 2.05) is 0 Å². The highest BCUT2D eigenvalue weighted by molar-refractivity contribution is 9.10. The molecule has 3 rings (SSSR count). The Morgan fingerprint density at radius 1 is 1.14 bits per heavy atom. The Labute approximate surface area is 127 Å². The van der Waals surface area contributed by atoms with E-state index < -0.39 is 11.6 Å². The quantitative estimate of drug-likeness (QED) is 0.698. The van der Waals surface area contributed by atoms with Crippen LogP contribution in [-0.4, -0.2) is 15.8 Å². The van der Waals surface area contributed by atoms with E-state index in [9.17, 15) is 14.0 Å². The lowest BCUT2D eigenvalue weighted by atomic mass is 10.0. The van der Waals surface area contributed by atoms with E-state index in [0.29, 0.717) is 26.6 Å². The number of benzene rings is 2. The number of H-pyrrole nitrogens is 2. The minimum atomic E-state index is -0.531. The minimum absolute atomic E-state index is 0.00735. The summed E-state index contributed by atoms with van der Waals surface area (Å²) in [6.45, 7) is 1.61. The Balaban J connectivity index is 2.19. The highest BCUT2D eigenvalue weighted by Crippen LogP contribution is 2.25. The molecule has 0 saturated carbocycles. The van der Waals surface area contributed by atoms with E-state index >= 15 is 0 Å². The third-order valence-corrected chi connectivity index (χ3v) is 3.94. The number of ketones is 1. The smallest absolute Gasteiger partial charge is 0.306 e. The molecule has 0 aliphatic heterocycles. The van der Waals surface area contributed by atoms with E-state index in [0.717, 1.165) is 0 Å². The van der Waals surface area contributed by atoms with Crippen molar-refractivity contribution >= 4 is 32.7 Å². The average molecular weight is 349 g/mol. The summed E-state index contributed by atoms with van der Waals surface area (Å²) in [5, 5.41) is 0. The Kier molecular flexibility index (Phi) is 3.25. The number of imidazole rings is 1. The molecule has 0 saturated heterocycles. The van der Waals surface area contributed by atoms with Crippen LogP contribution in [0.1, 0.15) is 21.5 Å².